The minimum atomic E-state index is -3.59. The van der Waals surface area contributed by atoms with E-state index < -0.39 is 26.5 Å². The highest BCUT2D eigenvalue weighted by Gasteiger charge is 2.15. The van der Waals surface area contributed by atoms with Gasteiger partial charge in [0.05, 0.1) is 10.6 Å². The van der Waals surface area contributed by atoms with Crippen LogP contribution in [0.1, 0.15) is 0 Å². The van der Waals surface area contributed by atoms with Crippen molar-refractivity contribution in [3.05, 3.63) is 34.1 Å². The quantitative estimate of drug-likeness (QED) is 0.522. The number of nitrogens with one attached hydrogen (secondary N) is 1. The van der Waals surface area contributed by atoms with Crippen LogP contribution in [0.2, 0.25) is 0 Å². The highest BCUT2D eigenvalue weighted by Crippen LogP contribution is 2.21. The van der Waals surface area contributed by atoms with E-state index in [-0.39, 0.29) is 10.3 Å². The summed E-state index contributed by atoms with van der Waals surface area (Å²) < 4.78 is 36.9. The van der Waals surface area contributed by atoms with Gasteiger partial charge in [-0.3, -0.25) is 14.8 Å². The lowest BCUT2D eigenvalue weighted by Gasteiger charge is -2.04. The van der Waals surface area contributed by atoms with E-state index in [1.165, 1.54) is 0 Å². The molecule has 0 bridgehead atoms. The van der Waals surface area contributed by atoms with Crippen molar-refractivity contribution in [3.63, 3.8) is 0 Å². The minimum absolute atomic E-state index is 0.0671. The van der Waals surface area contributed by atoms with Gasteiger partial charge >= 0.3 is 5.69 Å². The molecule has 0 fully saturated rings. The number of nitro groups is 1. The first kappa shape index (κ1) is 12.8. The van der Waals surface area contributed by atoms with Gasteiger partial charge < -0.3 is 0 Å². The third-order valence-corrected chi connectivity index (χ3v) is 4.20. The van der Waals surface area contributed by atoms with Crippen LogP contribution in [0, 0.1) is 15.9 Å². The zero-order valence-electron chi connectivity index (χ0n) is 7.68. The van der Waals surface area contributed by atoms with Crippen molar-refractivity contribution in [3.8, 4) is 0 Å². The summed E-state index contributed by atoms with van der Waals surface area (Å²) >= 11 is 2.73. The molecule has 88 valence electrons. The van der Waals surface area contributed by atoms with Crippen LogP contribution in [0.4, 0.5) is 15.8 Å². The van der Waals surface area contributed by atoms with Gasteiger partial charge in [0, 0.05) is 12.1 Å². The van der Waals surface area contributed by atoms with Gasteiger partial charge in [-0.25, -0.2) is 8.42 Å². The normalized spacial score (nSPS) is 11.1. The fraction of sp³-hybridized carbons (Fsp3) is 0.143. The molecule has 0 amide bonds. The van der Waals surface area contributed by atoms with Gasteiger partial charge in [-0.1, -0.05) is 15.9 Å². The molecule has 0 saturated heterocycles. The predicted molar refractivity (Wildman–Crippen MR) is 59.4 cm³/mol. The van der Waals surface area contributed by atoms with Crippen LogP contribution < -0.4 is 4.72 Å². The standard InChI is InChI=1S/C7H6BrFN2O4S/c8-4-16(14,15)10-5-1-2-7(11(12)13)6(9)3-5/h1-3,10H,4H2. The molecule has 0 aliphatic carbocycles. The van der Waals surface area contributed by atoms with Gasteiger partial charge in [-0.05, 0) is 6.07 Å². The van der Waals surface area contributed by atoms with Crippen LogP contribution in [0.3, 0.4) is 0 Å². The number of hydrogen-bond acceptors (Lipinski definition) is 4. The van der Waals surface area contributed by atoms with Gasteiger partial charge in [0.15, 0.2) is 0 Å². The monoisotopic (exact) mass is 312 g/mol. The molecule has 0 unspecified atom stereocenters. The highest BCUT2D eigenvalue weighted by molar-refractivity contribution is 9.10. The number of hydrogen-bond donors (Lipinski definition) is 1. The Kier molecular flexibility index (Phi) is 3.81. The van der Waals surface area contributed by atoms with Crippen LogP contribution in [-0.2, 0) is 10.0 Å². The number of halogens is 2. The van der Waals surface area contributed by atoms with E-state index in [0.29, 0.717) is 0 Å². The Hall–Kier alpha value is -1.22. The van der Waals surface area contributed by atoms with E-state index in [9.17, 15) is 22.9 Å². The maximum Gasteiger partial charge on any atom is 0.304 e. The summed E-state index contributed by atoms with van der Waals surface area (Å²) in [4.78, 5) is 9.40. The molecule has 0 saturated carbocycles. The molecule has 6 nitrogen and oxygen atoms in total. The molecule has 0 aliphatic heterocycles. The number of rotatable bonds is 4. The van der Waals surface area contributed by atoms with Crippen molar-refractivity contribution < 1.29 is 17.7 Å². The molecular weight excluding hydrogens is 307 g/mol. The Morgan fingerprint density at radius 3 is 2.56 bits per heavy atom. The van der Waals surface area contributed by atoms with Crippen LogP contribution in [0.25, 0.3) is 0 Å². The van der Waals surface area contributed by atoms with Crippen molar-refractivity contribution in [2.24, 2.45) is 0 Å². The Labute approximate surface area is 98.8 Å². The van der Waals surface area contributed by atoms with E-state index >= 15 is 0 Å². The first-order valence-corrected chi connectivity index (χ1v) is 6.63. The zero-order valence-corrected chi connectivity index (χ0v) is 10.1. The van der Waals surface area contributed by atoms with Crippen molar-refractivity contribution >= 4 is 37.3 Å². The molecule has 1 rings (SSSR count). The van der Waals surface area contributed by atoms with E-state index in [1.807, 2.05) is 4.72 Å². The second-order valence-electron chi connectivity index (χ2n) is 2.75. The maximum absolute atomic E-state index is 13.1. The van der Waals surface area contributed by atoms with Crippen LogP contribution in [0.15, 0.2) is 18.2 Å². The Morgan fingerprint density at radius 2 is 2.12 bits per heavy atom. The number of alkyl halides is 1. The third kappa shape index (κ3) is 3.14. The molecule has 1 N–H and O–H groups in total. The summed E-state index contributed by atoms with van der Waals surface area (Å²) in [5.41, 5.74) is -0.774. The topological polar surface area (TPSA) is 89.3 Å². The highest BCUT2D eigenvalue weighted by atomic mass is 79.9. The largest absolute Gasteiger partial charge is 0.304 e. The first-order chi connectivity index (χ1) is 7.35. The second kappa shape index (κ2) is 4.74. The smallest absolute Gasteiger partial charge is 0.283 e. The van der Waals surface area contributed by atoms with Gasteiger partial charge in [-0.2, -0.15) is 4.39 Å². The lowest BCUT2D eigenvalue weighted by molar-refractivity contribution is -0.387. The van der Waals surface area contributed by atoms with Gasteiger partial charge in [0.25, 0.3) is 0 Å². The molecule has 0 spiro atoms. The van der Waals surface area contributed by atoms with Crippen LogP contribution >= 0.6 is 15.9 Å². The number of nitro benzene ring substituents is 1. The number of sulfonamides is 1. The lowest BCUT2D eigenvalue weighted by Crippen LogP contribution is -2.13. The third-order valence-electron chi connectivity index (χ3n) is 1.56. The van der Waals surface area contributed by atoms with Gasteiger partial charge in [-0.15, -0.1) is 0 Å². The van der Waals surface area contributed by atoms with E-state index in [0.717, 1.165) is 18.2 Å². The average Bonchev–Trinajstić information content (AvgIpc) is 2.16. The fourth-order valence-corrected chi connectivity index (χ4v) is 1.81. The molecule has 1 aromatic rings. The van der Waals surface area contributed by atoms with Crippen LogP contribution in [-0.4, -0.2) is 18.0 Å². The fourth-order valence-electron chi connectivity index (χ4n) is 0.925. The zero-order chi connectivity index (χ0) is 12.3. The minimum Gasteiger partial charge on any atom is -0.283 e. The number of nitrogens with zero attached hydrogens (tertiary/aromatic N) is 1. The summed E-state index contributed by atoms with van der Waals surface area (Å²) in [6.07, 6.45) is 0. The van der Waals surface area contributed by atoms with Crippen molar-refractivity contribution in [2.75, 3.05) is 9.38 Å². The summed E-state index contributed by atoms with van der Waals surface area (Å²) in [7, 11) is -3.59. The Balaban J connectivity index is 3.03. The average molecular weight is 313 g/mol. The molecule has 1 aromatic carbocycles. The van der Waals surface area contributed by atoms with Gasteiger partial charge in [0.2, 0.25) is 15.8 Å². The summed E-state index contributed by atoms with van der Waals surface area (Å²) in [5.74, 6) is -1.10. The summed E-state index contributed by atoms with van der Waals surface area (Å²) in [6, 6.07) is 2.75. The van der Waals surface area contributed by atoms with E-state index in [4.69, 9.17) is 0 Å². The van der Waals surface area contributed by atoms with Crippen molar-refractivity contribution in [2.45, 2.75) is 0 Å². The molecule has 9 heteroatoms. The van der Waals surface area contributed by atoms with E-state index in [2.05, 4.69) is 15.9 Å². The Morgan fingerprint density at radius 1 is 1.50 bits per heavy atom. The Bertz CT molecular complexity index is 519. The molecule has 0 aliphatic rings. The van der Waals surface area contributed by atoms with Crippen LogP contribution in [0.5, 0.6) is 0 Å². The molecule has 0 radical (unpaired) electrons. The first-order valence-electron chi connectivity index (χ1n) is 3.86. The SMILES string of the molecule is O=[N+]([O-])c1ccc(NS(=O)(=O)CBr)cc1F. The van der Waals surface area contributed by atoms with Crippen molar-refractivity contribution in [1.82, 2.24) is 0 Å². The molecule has 0 aromatic heterocycles. The lowest BCUT2D eigenvalue weighted by atomic mass is 10.3. The molecule has 0 atom stereocenters. The summed E-state index contributed by atoms with van der Waals surface area (Å²) in [6.45, 7) is 0. The second-order valence-corrected chi connectivity index (χ2v) is 5.77. The molecular formula is C7H6BrFN2O4S. The molecule has 16 heavy (non-hydrogen) atoms. The summed E-state index contributed by atoms with van der Waals surface area (Å²) in [5, 5.41) is 10.3. The number of anilines is 1. The maximum atomic E-state index is 13.1. The van der Waals surface area contributed by atoms with Crippen molar-refractivity contribution in [1.29, 1.82) is 0 Å². The molecule has 0 heterocycles. The predicted octanol–water partition coefficient (Wildman–Crippen LogP) is 1.83. The van der Waals surface area contributed by atoms with Gasteiger partial charge in [0.1, 0.15) is 4.66 Å². The number of benzene rings is 1. The van der Waals surface area contributed by atoms with E-state index in [1.54, 1.807) is 0 Å².